The summed E-state index contributed by atoms with van der Waals surface area (Å²) >= 11 is 0. The average Bonchev–Trinajstić information content (AvgIpc) is 2.66. The molecule has 5 N–H and O–H groups in total. The molecule has 0 aliphatic carbocycles. The molecule has 2 aromatic rings. The molecule has 0 spiro atoms. The van der Waals surface area contributed by atoms with Crippen LogP contribution in [-0.4, -0.2) is 28.4 Å². The van der Waals surface area contributed by atoms with Crippen LogP contribution < -0.4 is 21.8 Å². The smallest absolute Gasteiger partial charge is 0.272 e. The van der Waals surface area contributed by atoms with Crippen LogP contribution in [-0.2, 0) is 9.59 Å². The molecule has 0 fully saturated rings. The molecule has 0 saturated carbocycles. The van der Waals surface area contributed by atoms with E-state index < -0.39 is 10.8 Å². The number of carbonyl (C=O) groups excluding carboxylic acids is 3. The minimum absolute atomic E-state index is 0.0260. The fourth-order valence-corrected chi connectivity index (χ4v) is 2.40. The van der Waals surface area contributed by atoms with Gasteiger partial charge in [0.2, 0.25) is 11.8 Å². The van der Waals surface area contributed by atoms with Crippen molar-refractivity contribution in [2.75, 3.05) is 16.4 Å². The summed E-state index contributed by atoms with van der Waals surface area (Å²) in [6.07, 6.45) is -0.0925. The van der Waals surface area contributed by atoms with Crippen LogP contribution in [0.4, 0.5) is 22.7 Å². The zero-order chi connectivity index (χ0) is 22.3. The van der Waals surface area contributed by atoms with Gasteiger partial charge in [-0.2, -0.15) is 5.10 Å². The Labute approximate surface area is 171 Å². The number of carbonyl (C=O) groups is 3. The highest BCUT2D eigenvalue weighted by Gasteiger charge is 2.14. The Hall–Kier alpha value is -4.28. The quantitative estimate of drug-likeness (QED) is 0.235. The number of hydrogen-bond acceptors (Lipinski definition) is 7. The molecule has 0 heterocycles. The van der Waals surface area contributed by atoms with Gasteiger partial charge in [-0.1, -0.05) is 0 Å². The Morgan fingerprint density at radius 3 is 2.20 bits per heavy atom. The molecule has 0 atom stereocenters. The highest BCUT2D eigenvalue weighted by Crippen LogP contribution is 2.18. The van der Waals surface area contributed by atoms with Gasteiger partial charge in [0.1, 0.15) is 0 Å². The van der Waals surface area contributed by atoms with Crippen LogP contribution in [0.3, 0.4) is 0 Å². The van der Waals surface area contributed by atoms with E-state index in [1.165, 1.54) is 13.0 Å². The largest absolute Gasteiger partial charge is 0.399 e. The van der Waals surface area contributed by atoms with Crippen molar-refractivity contribution in [2.24, 2.45) is 5.10 Å². The van der Waals surface area contributed by atoms with E-state index in [1.807, 2.05) is 0 Å². The maximum Gasteiger partial charge on any atom is 0.272 e. The van der Waals surface area contributed by atoms with E-state index in [1.54, 1.807) is 31.2 Å². The highest BCUT2D eigenvalue weighted by molar-refractivity contribution is 6.06. The fraction of sp³-hybridized carbons (Fsp3) is 0.158. The zero-order valence-corrected chi connectivity index (χ0v) is 16.3. The topological polar surface area (TPSA) is 169 Å². The lowest BCUT2D eigenvalue weighted by atomic mass is 10.1. The van der Waals surface area contributed by atoms with Crippen LogP contribution in [0.2, 0.25) is 0 Å². The third kappa shape index (κ3) is 6.71. The highest BCUT2D eigenvalue weighted by atomic mass is 16.6. The first-order valence-electron chi connectivity index (χ1n) is 8.70. The number of nitrogens with one attached hydrogen (secondary N) is 3. The van der Waals surface area contributed by atoms with Crippen molar-refractivity contribution in [3.63, 3.8) is 0 Å². The van der Waals surface area contributed by atoms with E-state index in [0.717, 1.165) is 12.1 Å². The molecular formula is C19H20N6O5. The van der Waals surface area contributed by atoms with Crippen molar-refractivity contribution in [2.45, 2.75) is 20.3 Å². The van der Waals surface area contributed by atoms with Crippen LogP contribution in [0.5, 0.6) is 0 Å². The molecule has 0 aliphatic rings. The first kappa shape index (κ1) is 22.0. The second-order valence-corrected chi connectivity index (χ2v) is 6.34. The number of nitrogens with two attached hydrogens (primary N) is 1. The number of anilines is 3. The number of nitro groups is 1. The first-order chi connectivity index (χ1) is 14.1. The standard InChI is InChI=1S/C19H20N6O5/c1-11(7-18(27)22-16-5-3-15(4-6-16)21-12(2)26)23-24-19(28)13-8-14(20)10-17(9-13)25(29)30/h3-6,8-10H,7,20H2,1-2H3,(H,21,26)(H,22,27)(H,24,28)/b23-11-. The number of nitrogen functional groups attached to an aromatic ring is 1. The maximum absolute atomic E-state index is 12.1. The van der Waals surface area contributed by atoms with Crippen LogP contribution in [0.25, 0.3) is 0 Å². The number of nitrogens with zero attached hydrogens (tertiary/aromatic N) is 2. The molecule has 11 heteroatoms. The van der Waals surface area contributed by atoms with Gasteiger partial charge in [-0.15, -0.1) is 0 Å². The molecule has 2 aromatic carbocycles. The lowest BCUT2D eigenvalue weighted by Crippen LogP contribution is -2.21. The van der Waals surface area contributed by atoms with Crippen molar-refractivity contribution in [3.8, 4) is 0 Å². The van der Waals surface area contributed by atoms with E-state index in [0.29, 0.717) is 17.1 Å². The van der Waals surface area contributed by atoms with Crippen LogP contribution in [0.1, 0.15) is 30.6 Å². The summed E-state index contributed by atoms with van der Waals surface area (Å²) in [5.41, 5.74) is 8.97. The van der Waals surface area contributed by atoms with E-state index in [9.17, 15) is 24.5 Å². The van der Waals surface area contributed by atoms with Gasteiger partial charge in [0.25, 0.3) is 11.6 Å². The predicted molar refractivity (Wildman–Crippen MR) is 112 cm³/mol. The van der Waals surface area contributed by atoms with Gasteiger partial charge in [-0.3, -0.25) is 24.5 Å². The summed E-state index contributed by atoms with van der Waals surface area (Å²) in [6.45, 7) is 2.94. The van der Waals surface area contributed by atoms with Crippen LogP contribution >= 0.6 is 0 Å². The monoisotopic (exact) mass is 412 g/mol. The van der Waals surface area contributed by atoms with Gasteiger partial charge >= 0.3 is 0 Å². The van der Waals surface area contributed by atoms with Crippen molar-refractivity contribution in [1.29, 1.82) is 0 Å². The van der Waals surface area contributed by atoms with Gasteiger partial charge in [0.05, 0.1) is 16.9 Å². The molecule has 30 heavy (non-hydrogen) atoms. The van der Waals surface area contributed by atoms with Crippen molar-refractivity contribution in [3.05, 3.63) is 58.1 Å². The summed E-state index contributed by atoms with van der Waals surface area (Å²) < 4.78 is 0. The number of hydrogen-bond donors (Lipinski definition) is 4. The second-order valence-electron chi connectivity index (χ2n) is 6.34. The SMILES string of the molecule is CC(=O)Nc1ccc(NC(=O)C/C(C)=N\NC(=O)c2cc(N)cc([N+](=O)[O-])c2)cc1. The Morgan fingerprint density at radius 1 is 1.03 bits per heavy atom. The van der Waals surface area contributed by atoms with E-state index in [2.05, 4.69) is 21.2 Å². The molecular weight excluding hydrogens is 392 g/mol. The molecule has 3 amide bonds. The average molecular weight is 412 g/mol. The predicted octanol–water partition coefficient (Wildman–Crippen LogP) is 2.27. The molecule has 11 nitrogen and oxygen atoms in total. The van der Waals surface area contributed by atoms with Gasteiger partial charge < -0.3 is 16.4 Å². The lowest BCUT2D eigenvalue weighted by Gasteiger charge is -2.07. The number of hydrazone groups is 1. The summed E-state index contributed by atoms with van der Waals surface area (Å²) in [5.74, 6) is -1.26. The first-order valence-corrected chi connectivity index (χ1v) is 8.70. The number of nitro benzene ring substituents is 1. The lowest BCUT2D eigenvalue weighted by molar-refractivity contribution is -0.384. The zero-order valence-electron chi connectivity index (χ0n) is 16.3. The van der Waals surface area contributed by atoms with Crippen LogP contribution in [0, 0.1) is 10.1 Å². The summed E-state index contributed by atoms with van der Waals surface area (Å²) in [4.78, 5) is 45.4. The molecule has 0 aliphatic heterocycles. The number of non-ortho nitro benzene ring substituents is 1. The minimum atomic E-state index is -0.696. The van der Waals surface area contributed by atoms with E-state index in [4.69, 9.17) is 5.73 Å². The van der Waals surface area contributed by atoms with Gasteiger partial charge in [0.15, 0.2) is 0 Å². The third-order valence-electron chi connectivity index (χ3n) is 3.67. The molecule has 0 radical (unpaired) electrons. The molecule has 0 aromatic heterocycles. The molecule has 0 bridgehead atoms. The Kier molecular flexibility index (Phi) is 7.17. The van der Waals surface area contributed by atoms with Crippen LogP contribution in [0.15, 0.2) is 47.6 Å². The normalized spacial score (nSPS) is 10.8. The maximum atomic E-state index is 12.1. The number of amides is 3. The van der Waals surface area contributed by atoms with Crippen molar-refractivity contribution >= 4 is 46.2 Å². The Morgan fingerprint density at radius 2 is 1.63 bits per heavy atom. The Balaban J connectivity index is 1.93. The Bertz CT molecular complexity index is 1020. The molecule has 156 valence electrons. The van der Waals surface area contributed by atoms with E-state index in [-0.39, 0.29) is 35.2 Å². The fourth-order valence-electron chi connectivity index (χ4n) is 2.40. The van der Waals surface area contributed by atoms with Crippen molar-refractivity contribution < 1.29 is 19.3 Å². The summed E-state index contributed by atoms with van der Waals surface area (Å²) in [7, 11) is 0. The molecule has 0 unspecified atom stereocenters. The number of benzene rings is 2. The molecule has 2 rings (SSSR count). The van der Waals surface area contributed by atoms with Gasteiger partial charge in [-0.25, -0.2) is 5.43 Å². The third-order valence-corrected chi connectivity index (χ3v) is 3.67. The van der Waals surface area contributed by atoms with Gasteiger partial charge in [0, 0.05) is 41.8 Å². The van der Waals surface area contributed by atoms with E-state index >= 15 is 0 Å². The van der Waals surface area contributed by atoms with Gasteiger partial charge in [-0.05, 0) is 37.3 Å². The molecule has 0 saturated heterocycles. The summed E-state index contributed by atoms with van der Waals surface area (Å²) in [6, 6.07) is 10.0. The minimum Gasteiger partial charge on any atom is -0.399 e. The summed E-state index contributed by atoms with van der Waals surface area (Å²) in [5, 5.41) is 20.0. The number of rotatable bonds is 7. The van der Waals surface area contributed by atoms with Crippen molar-refractivity contribution in [1.82, 2.24) is 5.43 Å². The second kappa shape index (κ2) is 9.78.